The highest BCUT2D eigenvalue weighted by Crippen LogP contribution is 2.38. The largest absolute Gasteiger partial charge is 0.483 e. The van der Waals surface area contributed by atoms with Crippen molar-refractivity contribution in [2.45, 2.75) is 0 Å². The topological polar surface area (TPSA) is 54.9 Å². The lowest BCUT2D eigenvalue weighted by Crippen LogP contribution is -2.48. The first kappa shape index (κ1) is 19.2. The molecule has 1 saturated heterocycles. The molecule has 0 radical (unpaired) electrons. The number of methoxy groups -OCH3 is 1. The van der Waals surface area contributed by atoms with Crippen LogP contribution in [0, 0.1) is 0 Å². The van der Waals surface area contributed by atoms with Crippen molar-refractivity contribution < 1.29 is 14.3 Å². The lowest BCUT2D eigenvalue weighted by atomic mass is 9.98. The van der Waals surface area contributed by atoms with Crippen LogP contribution in [0.1, 0.15) is 0 Å². The number of carbonyl (C=O) groups excluding carboxylic acids is 1. The summed E-state index contributed by atoms with van der Waals surface area (Å²) >= 11 is 0. The van der Waals surface area contributed by atoms with Gasteiger partial charge in [0.1, 0.15) is 5.75 Å². The summed E-state index contributed by atoms with van der Waals surface area (Å²) in [6.45, 7) is 3.29. The second-order valence-corrected chi connectivity index (χ2v) is 7.22. The van der Waals surface area contributed by atoms with Crippen LogP contribution in [0.5, 0.6) is 11.6 Å². The van der Waals surface area contributed by atoms with Crippen LogP contribution in [0.4, 0.5) is 0 Å². The van der Waals surface area contributed by atoms with Crippen LogP contribution < -0.4 is 9.47 Å². The maximum absolute atomic E-state index is 12.6. The molecule has 6 heteroatoms. The normalized spacial score (nSPS) is 14.8. The Morgan fingerprint density at radius 2 is 1.86 bits per heavy atom. The fraction of sp³-hybridized carbons (Fsp3) is 0.304. The fourth-order valence-corrected chi connectivity index (χ4v) is 3.63. The van der Waals surface area contributed by atoms with E-state index in [0.717, 1.165) is 48.1 Å². The van der Waals surface area contributed by atoms with E-state index < -0.39 is 0 Å². The zero-order valence-corrected chi connectivity index (χ0v) is 16.8. The van der Waals surface area contributed by atoms with Crippen LogP contribution in [-0.4, -0.2) is 67.6 Å². The van der Waals surface area contributed by atoms with Crippen molar-refractivity contribution >= 4 is 16.7 Å². The SMILES string of the molecule is COc1cc(-c2c(OCC(=O)N3CCN(C)CC3)ccc3ccccc23)ccn1. The summed E-state index contributed by atoms with van der Waals surface area (Å²) < 4.78 is 11.3. The average Bonchev–Trinajstić information content (AvgIpc) is 2.77. The quantitative estimate of drug-likeness (QED) is 0.669. The van der Waals surface area contributed by atoms with Crippen LogP contribution >= 0.6 is 0 Å². The van der Waals surface area contributed by atoms with Gasteiger partial charge in [-0.05, 0) is 35.5 Å². The third-order valence-corrected chi connectivity index (χ3v) is 5.33. The Bertz CT molecular complexity index is 1010. The van der Waals surface area contributed by atoms with E-state index in [0.29, 0.717) is 11.6 Å². The first-order valence-corrected chi connectivity index (χ1v) is 9.77. The number of rotatable bonds is 5. The van der Waals surface area contributed by atoms with E-state index in [1.54, 1.807) is 13.3 Å². The van der Waals surface area contributed by atoms with Crippen molar-refractivity contribution in [3.63, 3.8) is 0 Å². The van der Waals surface area contributed by atoms with Gasteiger partial charge in [0.15, 0.2) is 6.61 Å². The van der Waals surface area contributed by atoms with Crippen LogP contribution in [0.25, 0.3) is 21.9 Å². The minimum Gasteiger partial charge on any atom is -0.483 e. The maximum atomic E-state index is 12.6. The summed E-state index contributed by atoms with van der Waals surface area (Å²) in [6.07, 6.45) is 1.72. The minimum absolute atomic E-state index is 0.0181. The zero-order chi connectivity index (χ0) is 20.2. The molecule has 3 aromatic rings. The van der Waals surface area contributed by atoms with Crippen LogP contribution in [-0.2, 0) is 4.79 Å². The molecule has 1 aliphatic rings. The highest BCUT2D eigenvalue weighted by Gasteiger charge is 2.20. The fourth-order valence-electron chi connectivity index (χ4n) is 3.63. The molecule has 0 bridgehead atoms. The number of pyridine rings is 1. The molecule has 1 aromatic heterocycles. The van der Waals surface area contributed by atoms with E-state index in [4.69, 9.17) is 9.47 Å². The number of ether oxygens (including phenoxy) is 2. The Morgan fingerprint density at radius 1 is 1.07 bits per heavy atom. The minimum atomic E-state index is 0.0181. The van der Waals surface area contributed by atoms with Crippen LogP contribution in [0.15, 0.2) is 54.7 Å². The molecule has 0 aliphatic carbocycles. The van der Waals surface area contributed by atoms with Gasteiger partial charge in [-0.25, -0.2) is 4.98 Å². The molecule has 2 heterocycles. The molecule has 1 fully saturated rings. The first-order valence-electron chi connectivity index (χ1n) is 9.77. The van der Waals surface area contributed by atoms with Crippen molar-refractivity contribution in [1.82, 2.24) is 14.8 Å². The Morgan fingerprint density at radius 3 is 2.66 bits per heavy atom. The molecular weight excluding hydrogens is 366 g/mol. The molecule has 1 aliphatic heterocycles. The van der Waals surface area contributed by atoms with E-state index in [1.165, 1.54) is 0 Å². The number of piperazine rings is 1. The Hall–Kier alpha value is -3.12. The van der Waals surface area contributed by atoms with E-state index in [1.807, 2.05) is 41.3 Å². The van der Waals surface area contributed by atoms with Gasteiger partial charge in [-0.3, -0.25) is 4.79 Å². The summed E-state index contributed by atoms with van der Waals surface area (Å²) in [5.74, 6) is 1.24. The number of nitrogens with zero attached hydrogens (tertiary/aromatic N) is 3. The summed E-state index contributed by atoms with van der Waals surface area (Å²) in [5, 5.41) is 2.17. The number of amides is 1. The zero-order valence-electron chi connectivity index (χ0n) is 16.8. The van der Waals surface area contributed by atoms with Gasteiger partial charge >= 0.3 is 0 Å². The van der Waals surface area contributed by atoms with Crippen molar-refractivity contribution in [2.24, 2.45) is 0 Å². The molecular formula is C23H25N3O3. The monoisotopic (exact) mass is 391 g/mol. The second-order valence-electron chi connectivity index (χ2n) is 7.22. The Labute approximate surface area is 170 Å². The number of carbonyl (C=O) groups is 1. The van der Waals surface area contributed by atoms with E-state index in [2.05, 4.69) is 29.1 Å². The number of fused-ring (bicyclic) bond motifs is 1. The van der Waals surface area contributed by atoms with E-state index in [-0.39, 0.29) is 12.5 Å². The third kappa shape index (κ3) is 4.17. The molecule has 0 unspecified atom stereocenters. The third-order valence-electron chi connectivity index (χ3n) is 5.33. The smallest absolute Gasteiger partial charge is 0.260 e. The predicted octanol–water partition coefficient (Wildman–Crippen LogP) is 3.06. The number of hydrogen-bond acceptors (Lipinski definition) is 5. The first-order chi connectivity index (χ1) is 14.2. The second kappa shape index (κ2) is 8.49. The highest BCUT2D eigenvalue weighted by molar-refractivity contribution is 6.00. The number of hydrogen-bond donors (Lipinski definition) is 0. The van der Waals surface area contributed by atoms with E-state index >= 15 is 0 Å². The van der Waals surface area contributed by atoms with Gasteiger partial charge < -0.3 is 19.3 Å². The van der Waals surface area contributed by atoms with Gasteiger partial charge in [0.2, 0.25) is 5.88 Å². The number of likely N-dealkylation sites (N-methyl/N-ethyl adjacent to an activating group) is 1. The van der Waals surface area contributed by atoms with Crippen molar-refractivity contribution in [3.05, 3.63) is 54.7 Å². The lowest BCUT2D eigenvalue weighted by molar-refractivity contribution is -0.134. The van der Waals surface area contributed by atoms with Gasteiger partial charge in [0.05, 0.1) is 7.11 Å². The molecule has 0 N–H and O–H groups in total. The van der Waals surface area contributed by atoms with Gasteiger partial charge in [-0.2, -0.15) is 0 Å². The summed E-state index contributed by atoms with van der Waals surface area (Å²) in [7, 11) is 3.67. The molecule has 0 atom stereocenters. The Kier molecular flexibility index (Phi) is 5.62. The molecule has 0 saturated carbocycles. The van der Waals surface area contributed by atoms with Crippen LogP contribution in [0.2, 0.25) is 0 Å². The van der Waals surface area contributed by atoms with Crippen molar-refractivity contribution in [3.8, 4) is 22.8 Å². The molecule has 2 aromatic carbocycles. The highest BCUT2D eigenvalue weighted by atomic mass is 16.5. The molecule has 150 valence electrons. The van der Waals surface area contributed by atoms with Gasteiger partial charge in [-0.15, -0.1) is 0 Å². The van der Waals surface area contributed by atoms with Crippen molar-refractivity contribution in [1.29, 1.82) is 0 Å². The van der Waals surface area contributed by atoms with Gasteiger partial charge in [0, 0.05) is 44.0 Å². The van der Waals surface area contributed by atoms with E-state index in [9.17, 15) is 4.79 Å². The molecule has 0 spiro atoms. The van der Waals surface area contributed by atoms with Crippen molar-refractivity contribution in [2.75, 3.05) is 46.9 Å². The predicted molar refractivity (Wildman–Crippen MR) is 113 cm³/mol. The Balaban J connectivity index is 1.64. The number of benzene rings is 2. The maximum Gasteiger partial charge on any atom is 0.260 e. The molecule has 29 heavy (non-hydrogen) atoms. The van der Waals surface area contributed by atoms with Gasteiger partial charge in [0.25, 0.3) is 5.91 Å². The standard InChI is InChI=1S/C23H25N3O3/c1-25-11-13-26(14-12-25)22(27)16-29-20-8-7-17-5-3-4-6-19(17)23(20)18-9-10-24-21(15-18)28-2/h3-10,15H,11-14,16H2,1-2H3. The van der Waals surface area contributed by atoms with Gasteiger partial charge in [-0.1, -0.05) is 30.3 Å². The summed E-state index contributed by atoms with van der Waals surface area (Å²) in [4.78, 5) is 20.9. The number of aromatic nitrogens is 1. The summed E-state index contributed by atoms with van der Waals surface area (Å²) in [5.41, 5.74) is 1.88. The lowest BCUT2D eigenvalue weighted by Gasteiger charge is -2.32. The molecule has 4 rings (SSSR count). The average molecular weight is 391 g/mol. The molecule has 6 nitrogen and oxygen atoms in total. The van der Waals surface area contributed by atoms with Crippen LogP contribution in [0.3, 0.4) is 0 Å². The molecule has 1 amide bonds. The summed E-state index contributed by atoms with van der Waals surface area (Å²) in [6, 6.07) is 15.9.